The highest BCUT2D eigenvalue weighted by Gasteiger charge is 2.36. The number of urea groups is 1. The molecule has 7 rings (SSSR count). The number of carbonyl (C=O) groups is 1. The van der Waals surface area contributed by atoms with E-state index in [1.165, 1.54) is 4.90 Å². The van der Waals surface area contributed by atoms with Crippen LogP contribution in [0.15, 0.2) is 102 Å². The van der Waals surface area contributed by atoms with E-state index in [1.54, 1.807) is 23.2 Å². The minimum absolute atomic E-state index is 0.0957. The van der Waals surface area contributed by atoms with E-state index in [0.717, 1.165) is 40.6 Å². The highest BCUT2D eigenvalue weighted by atomic mass is 35.5. The Morgan fingerprint density at radius 1 is 0.750 bits per heavy atom. The molecule has 2 aliphatic heterocycles. The van der Waals surface area contributed by atoms with Gasteiger partial charge in [-0.25, -0.2) is 28.4 Å². The van der Waals surface area contributed by atoms with E-state index in [1.807, 2.05) is 123 Å². The Morgan fingerprint density at radius 3 is 1.93 bits per heavy atom. The van der Waals surface area contributed by atoms with Gasteiger partial charge in [-0.3, -0.25) is 27.8 Å². The van der Waals surface area contributed by atoms with Crippen molar-refractivity contribution in [2.75, 3.05) is 44.4 Å². The lowest BCUT2D eigenvalue weighted by molar-refractivity contribution is 0.168. The number of hydrogen-bond donors (Lipinski definition) is 1. The number of aromatic nitrogens is 2. The number of fused-ring (bicyclic) bond motifs is 3. The summed E-state index contributed by atoms with van der Waals surface area (Å²) < 4.78 is 51.0. The predicted octanol–water partition coefficient (Wildman–Crippen LogP) is 11.0. The number of amides is 2. The van der Waals surface area contributed by atoms with Crippen LogP contribution in [0.2, 0.25) is 5.02 Å². The minimum atomic E-state index is -3.74. The summed E-state index contributed by atoms with van der Waals surface area (Å²) in [7, 11) is -7.08. The molecule has 0 radical (unpaired) electrons. The van der Waals surface area contributed by atoms with Crippen LogP contribution in [-0.4, -0.2) is 60.0 Å². The third-order valence-electron chi connectivity index (χ3n) is 9.95. The maximum Gasteiger partial charge on any atom is 0.436 e. The normalized spacial score (nSPS) is 15.6. The third-order valence-corrected chi connectivity index (χ3v) is 14.1. The first-order chi connectivity index (χ1) is 29.0. The summed E-state index contributed by atoms with van der Waals surface area (Å²) in [6, 6.07) is 29.7. The van der Waals surface area contributed by atoms with Crippen LogP contribution in [0.25, 0.3) is 22.9 Å². The number of halogens is 1. The first-order valence-corrected chi connectivity index (χ1v) is 23.7. The Balaban J connectivity index is 0.000000209. The van der Waals surface area contributed by atoms with Gasteiger partial charge in [-0.2, -0.15) is 5.10 Å². The number of para-hydroxylation sites is 2. The number of anilines is 2. The van der Waals surface area contributed by atoms with Crippen molar-refractivity contribution in [2.24, 2.45) is 0 Å². The molecule has 2 amide bonds. The average molecular weight is 876 g/mol. The van der Waals surface area contributed by atoms with Gasteiger partial charge < -0.3 is 0 Å². The van der Waals surface area contributed by atoms with Crippen LogP contribution in [0.1, 0.15) is 75.4 Å². The molecule has 0 aliphatic carbocycles. The van der Waals surface area contributed by atoms with E-state index in [0.29, 0.717) is 60.9 Å². The molecular weight excluding hydrogens is 824 g/mol. The Morgan fingerprint density at radius 2 is 1.33 bits per heavy atom. The van der Waals surface area contributed by atoms with Crippen LogP contribution in [0.4, 0.5) is 16.2 Å². The fourth-order valence-corrected chi connectivity index (χ4v) is 10.6. The van der Waals surface area contributed by atoms with E-state index in [-0.39, 0.29) is 24.8 Å². The second-order valence-corrected chi connectivity index (χ2v) is 18.1. The van der Waals surface area contributed by atoms with Crippen molar-refractivity contribution in [3.63, 3.8) is 0 Å². The number of nitrogens with one attached hydrogen (secondary N) is 1. The zero-order valence-corrected chi connectivity index (χ0v) is 36.9. The van der Waals surface area contributed by atoms with Gasteiger partial charge in [0.15, 0.2) is 0 Å². The molecule has 1 atom stereocenters. The lowest BCUT2D eigenvalue weighted by Gasteiger charge is -2.28. The number of benzene rings is 4. The lowest BCUT2D eigenvalue weighted by atomic mass is 10.0. The first kappa shape index (κ1) is 45.1. The molecule has 318 valence electrons. The summed E-state index contributed by atoms with van der Waals surface area (Å²) in [4.78, 5) is 28.0. The highest BCUT2D eigenvalue weighted by molar-refractivity contribution is 7.52. The molecule has 0 saturated carbocycles. The van der Waals surface area contributed by atoms with Gasteiger partial charge in [-0.05, 0) is 94.0 Å². The molecule has 13 nitrogen and oxygen atoms in total. The zero-order valence-electron chi connectivity index (χ0n) is 34.4. The Kier molecular flexibility index (Phi) is 15.7. The van der Waals surface area contributed by atoms with Crippen LogP contribution < -0.4 is 15.5 Å². The van der Waals surface area contributed by atoms with Crippen LogP contribution in [0.3, 0.4) is 0 Å². The van der Waals surface area contributed by atoms with Crippen molar-refractivity contribution in [3.8, 4) is 0 Å². The molecule has 1 saturated heterocycles. The quantitative estimate of drug-likeness (QED) is 0.114. The van der Waals surface area contributed by atoms with Crippen molar-refractivity contribution in [3.05, 3.63) is 135 Å². The maximum atomic E-state index is 13.4. The third kappa shape index (κ3) is 10.7. The van der Waals surface area contributed by atoms with Gasteiger partial charge in [0, 0.05) is 29.9 Å². The molecule has 16 heteroatoms. The summed E-state index contributed by atoms with van der Waals surface area (Å²) >= 11 is 6.20. The molecule has 0 bridgehead atoms. The largest absolute Gasteiger partial charge is 0.436 e. The van der Waals surface area contributed by atoms with Crippen molar-refractivity contribution in [2.45, 2.75) is 59.4 Å². The molecule has 5 aromatic rings. The molecule has 0 spiro atoms. The second-order valence-electron chi connectivity index (χ2n) is 13.9. The molecule has 1 N–H and O–H groups in total. The number of nitrogens with zero attached hydrogens (tertiary/aromatic N) is 4. The lowest BCUT2D eigenvalue weighted by Crippen LogP contribution is -2.36. The van der Waals surface area contributed by atoms with E-state index >= 15 is 0 Å². The molecule has 60 heavy (non-hydrogen) atoms. The zero-order chi connectivity index (χ0) is 42.7. The van der Waals surface area contributed by atoms with Gasteiger partial charge in [0.05, 0.1) is 54.9 Å². The fraction of sp³-hybridized carbons (Fsp3) is 0.341. The molecular formula is C44H52ClN5O8P2. The van der Waals surface area contributed by atoms with Crippen LogP contribution in [0.5, 0.6) is 0 Å². The Bertz CT molecular complexity index is 2390. The van der Waals surface area contributed by atoms with Gasteiger partial charge in [-0.1, -0.05) is 90.5 Å². The van der Waals surface area contributed by atoms with Gasteiger partial charge in [0.2, 0.25) is 0 Å². The molecule has 1 aromatic heterocycles. The van der Waals surface area contributed by atoms with Crippen LogP contribution >= 0.6 is 27.1 Å². The van der Waals surface area contributed by atoms with E-state index in [4.69, 9.17) is 34.8 Å². The number of carbonyl (C=O) groups excluding carboxylic acids is 1. The SMILES string of the molecule is CCOP(=O)(NC(=O)N1c2ccccc2C=Cc2ccccc21)OCC.CCOP(=O)(OCC)N1CCCC(n2nc(Cc3cccc(Cl)c3)c3ccccc3c2=O)CC1. The summed E-state index contributed by atoms with van der Waals surface area (Å²) in [6.07, 6.45) is 6.63. The summed E-state index contributed by atoms with van der Waals surface area (Å²) in [5, 5.41) is 9.49. The number of rotatable bonds is 13. The van der Waals surface area contributed by atoms with Crippen LogP contribution in [-0.2, 0) is 33.6 Å². The average Bonchev–Trinajstić information content (AvgIpc) is 3.59. The van der Waals surface area contributed by atoms with E-state index in [9.17, 15) is 18.7 Å². The summed E-state index contributed by atoms with van der Waals surface area (Å²) in [5.74, 6) is 0. The van der Waals surface area contributed by atoms with Crippen molar-refractivity contribution in [1.82, 2.24) is 19.5 Å². The maximum absolute atomic E-state index is 13.4. The monoisotopic (exact) mass is 875 g/mol. The minimum Gasteiger partial charge on any atom is -0.297 e. The van der Waals surface area contributed by atoms with E-state index < -0.39 is 21.5 Å². The summed E-state index contributed by atoms with van der Waals surface area (Å²) in [5.41, 5.74) is 4.91. The predicted molar refractivity (Wildman–Crippen MR) is 239 cm³/mol. The van der Waals surface area contributed by atoms with Crippen molar-refractivity contribution < 1.29 is 32.0 Å². The smallest absolute Gasteiger partial charge is 0.297 e. The van der Waals surface area contributed by atoms with Gasteiger partial charge in [0.25, 0.3) is 5.56 Å². The highest BCUT2D eigenvalue weighted by Crippen LogP contribution is 2.53. The van der Waals surface area contributed by atoms with Crippen LogP contribution in [0, 0.1) is 0 Å². The van der Waals surface area contributed by atoms with Gasteiger partial charge in [-0.15, -0.1) is 0 Å². The van der Waals surface area contributed by atoms with Gasteiger partial charge >= 0.3 is 21.5 Å². The molecule has 4 aromatic carbocycles. The Labute approximate surface area is 356 Å². The van der Waals surface area contributed by atoms with Gasteiger partial charge in [0.1, 0.15) is 0 Å². The first-order valence-electron chi connectivity index (χ1n) is 20.3. The fourth-order valence-electron chi connectivity index (χ4n) is 7.37. The topological polar surface area (TPSA) is 142 Å². The van der Waals surface area contributed by atoms with Crippen molar-refractivity contribution >= 4 is 67.4 Å². The summed E-state index contributed by atoms with van der Waals surface area (Å²) in [6.45, 7) is 9.05. The molecule has 3 heterocycles. The molecule has 1 unspecified atom stereocenters. The van der Waals surface area contributed by atoms with E-state index in [2.05, 4.69) is 5.09 Å². The standard InChI is InChI=1S/C25H31ClN3O4P.C19H21N2O4P/c1-3-32-34(31,33-4-2)28-15-8-11-21(14-16-28)29-25(30)23-13-6-5-12-22(23)24(27-29)18-19-9-7-10-20(26)17-19;1-3-24-26(23,25-4-2)20-19(22)21-17-11-7-5-9-15(17)13-14-16-10-6-8-12-18(16)21/h5-7,9-10,12-13,17,21H,3-4,8,11,14-16,18H2,1-2H3;5-14H,3-4H2,1-2H3,(H,20,22,23). The van der Waals surface area contributed by atoms with Crippen molar-refractivity contribution in [1.29, 1.82) is 0 Å². The molecule has 1 fully saturated rings. The Hall–Kier alpha value is -4.42. The second kappa shape index (κ2) is 20.9. The number of hydrogen-bond acceptors (Lipinski definition) is 9. The molecule has 2 aliphatic rings.